The van der Waals surface area contributed by atoms with Crippen molar-refractivity contribution in [2.45, 2.75) is 5.92 Å². The summed E-state index contributed by atoms with van der Waals surface area (Å²) in [5.74, 6) is -3.15. The lowest BCUT2D eigenvalue weighted by molar-refractivity contribution is 0.0734. The van der Waals surface area contributed by atoms with E-state index in [1.54, 1.807) is 36.5 Å². The molecule has 0 bridgehead atoms. The van der Waals surface area contributed by atoms with Crippen molar-refractivity contribution in [2.75, 3.05) is 0 Å². The summed E-state index contributed by atoms with van der Waals surface area (Å²) in [7, 11) is 0. The Labute approximate surface area is 192 Å². The van der Waals surface area contributed by atoms with Crippen LogP contribution in [0.1, 0.15) is 27.4 Å². The second-order valence-corrected chi connectivity index (χ2v) is 7.60. The van der Waals surface area contributed by atoms with Crippen LogP contribution in [0.3, 0.4) is 0 Å². The van der Waals surface area contributed by atoms with Gasteiger partial charge in [0.25, 0.3) is 0 Å². The molecular weight excluding hydrogens is 440 g/mol. The average molecular weight is 455 g/mol. The molecule has 0 saturated heterocycles. The summed E-state index contributed by atoms with van der Waals surface area (Å²) in [5.41, 5.74) is 7.92. The maximum Gasteiger partial charge on any atom is 0.343 e. The van der Waals surface area contributed by atoms with E-state index in [9.17, 15) is 18.8 Å². The molecule has 1 unspecified atom stereocenters. The van der Waals surface area contributed by atoms with Crippen molar-refractivity contribution in [1.82, 2.24) is 4.98 Å². The normalized spacial score (nSPS) is 14.8. The number of ether oxygens (including phenoxy) is 2. The Morgan fingerprint density at radius 1 is 1.06 bits per heavy atom. The number of fused-ring (bicyclic) bond motifs is 2. The molecule has 34 heavy (non-hydrogen) atoms. The number of carbonyl (C=O) groups excluding carboxylic acids is 1. The summed E-state index contributed by atoms with van der Waals surface area (Å²) in [4.78, 5) is 16.9. The quantitative estimate of drug-likeness (QED) is 0.347. The highest BCUT2D eigenvalue weighted by atomic mass is 19.2. The first kappa shape index (κ1) is 21.1. The molecule has 0 fully saturated rings. The first-order valence-corrected chi connectivity index (χ1v) is 10.2. The number of hydrogen-bond acceptors (Lipinski definition) is 6. The van der Waals surface area contributed by atoms with Crippen LogP contribution in [0.5, 0.6) is 11.5 Å². The Bertz CT molecular complexity index is 1540. The molecular formula is C26H15F2N3O3. The van der Waals surface area contributed by atoms with Gasteiger partial charge in [-0.2, -0.15) is 5.26 Å². The monoisotopic (exact) mass is 455 g/mol. The molecule has 0 spiro atoms. The molecule has 166 valence electrons. The van der Waals surface area contributed by atoms with Gasteiger partial charge < -0.3 is 15.2 Å². The summed E-state index contributed by atoms with van der Waals surface area (Å²) < 4.78 is 38.5. The minimum absolute atomic E-state index is 0.0630. The molecule has 1 atom stereocenters. The van der Waals surface area contributed by atoms with Gasteiger partial charge in [0.1, 0.15) is 23.1 Å². The summed E-state index contributed by atoms with van der Waals surface area (Å²) in [6, 6.07) is 18.6. The molecule has 0 amide bonds. The molecule has 5 rings (SSSR count). The first-order valence-electron chi connectivity index (χ1n) is 10.2. The van der Waals surface area contributed by atoms with Crippen LogP contribution in [0.4, 0.5) is 8.78 Å². The standard InChI is InChI=1S/C26H15F2N3O3/c27-20-7-3-15(11-21(20)28)24-18-6-5-17(12-23(18)34-25(30)19(24)13-29)33-26(32)16-4-8-22-14(10-16)2-1-9-31-22/h1-12,24H,30H2. The summed E-state index contributed by atoms with van der Waals surface area (Å²) >= 11 is 0. The van der Waals surface area contributed by atoms with Gasteiger partial charge in [-0.3, -0.25) is 4.98 Å². The highest BCUT2D eigenvalue weighted by Crippen LogP contribution is 2.43. The fraction of sp³-hybridized carbons (Fsp3) is 0.0385. The van der Waals surface area contributed by atoms with Crippen LogP contribution in [0.25, 0.3) is 10.9 Å². The predicted octanol–water partition coefficient (Wildman–Crippen LogP) is 4.95. The van der Waals surface area contributed by atoms with Crippen LogP contribution in [0.2, 0.25) is 0 Å². The number of carbonyl (C=O) groups is 1. The topological polar surface area (TPSA) is 98.2 Å². The second-order valence-electron chi connectivity index (χ2n) is 7.60. The van der Waals surface area contributed by atoms with Crippen molar-refractivity contribution in [3.05, 3.63) is 113 Å². The van der Waals surface area contributed by atoms with E-state index in [0.29, 0.717) is 16.7 Å². The Morgan fingerprint density at radius 2 is 1.91 bits per heavy atom. The van der Waals surface area contributed by atoms with Gasteiger partial charge in [-0.25, -0.2) is 13.6 Å². The number of halogens is 2. The van der Waals surface area contributed by atoms with Crippen molar-refractivity contribution in [2.24, 2.45) is 5.73 Å². The maximum absolute atomic E-state index is 13.9. The number of allylic oxidation sites excluding steroid dienone is 1. The molecule has 1 aliphatic rings. The van der Waals surface area contributed by atoms with Gasteiger partial charge >= 0.3 is 5.97 Å². The maximum atomic E-state index is 13.9. The fourth-order valence-electron chi connectivity index (χ4n) is 3.90. The van der Waals surface area contributed by atoms with E-state index in [1.165, 1.54) is 18.2 Å². The zero-order valence-electron chi connectivity index (χ0n) is 17.5. The molecule has 2 N–H and O–H groups in total. The van der Waals surface area contributed by atoms with Crippen LogP contribution in [-0.4, -0.2) is 11.0 Å². The van der Waals surface area contributed by atoms with Crippen LogP contribution in [-0.2, 0) is 0 Å². The largest absolute Gasteiger partial charge is 0.440 e. The Balaban J connectivity index is 1.48. The van der Waals surface area contributed by atoms with Gasteiger partial charge in [-0.05, 0) is 48.0 Å². The molecule has 1 aliphatic heterocycles. The third kappa shape index (κ3) is 3.69. The molecule has 0 aliphatic carbocycles. The van der Waals surface area contributed by atoms with E-state index >= 15 is 0 Å². The molecule has 3 aromatic carbocycles. The Hall–Kier alpha value is -4.77. The summed E-state index contributed by atoms with van der Waals surface area (Å²) in [5, 5.41) is 10.4. The number of benzene rings is 3. The zero-order chi connectivity index (χ0) is 23.8. The minimum Gasteiger partial charge on any atom is -0.440 e. The number of hydrogen-bond donors (Lipinski definition) is 1. The molecule has 1 aromatic heterocycles. The van der Waals surface area contributed by atoms with Gasteiger partial charge in [0.2, 0.25) is 5.88 Å². The molecule has 8 heteroatoms. The number of aromatic nitrogens is 1. The van der Waals surface area contributed by atoms with Gasteiger partial charge in [0.15, 0.2) is 11.6 Å². The lowest BCUT2D eigenvalue weighted by Crippen LogP contribution is -2.21. The number of nitrogens with zero attached hydrogens (tertiary/aromatic N) is 2. The van der Waals surface area contributed by atoms with Gasteiger partial charge in [0, 0.05) is 23.2 Å². The van der Waals surface area contributed by atoms with Crippen LogP contribution < -0.4 is 15.2 Å². The van der Waals surface area contributed by atoms with Crippen LogP contribution in [0.15, 0.2) is 84.4 Å². The van der Waals surface area contributed by atoms with Gasteiger partial charge in [0.05, 0.1) is 17.0 Å². The van der Waals surface area contributed by atoms with E-state index < -0.39 is 23.5 Å². The average Bonchev–Trinajstić information content (AvgIpc) is 2.84. The third-order valence-electron chi connectivity index (χ3n) is 5.52. The van der Waals surface area contributed by atoms with Crippen molar-refractivity contribution < 1.29 is 23.0 Å². The lowest BCUT2D eigenvalue weighted by atomic mass is 9.83. The van der Waals surface area contributed by atoms with Crippen molar-refractivity contribution in [3.8, 4) is 17.6 Å². The van der Waals surface area contributed by atoms with Crippen molar-refractivity contribution in [3.63, 3.8) is 0 Å². The Morgan fingerprint density at radius 3 is 2.71 bits per heavy atom. The number of nitrogens with two attached hydrogens (primary N) is 1. The molecule has 0 radical (unpaired) electrons. The smallest absolute Gasteiger partial charge is 0.343 e. The lowest BCUT2D eigenvalue weighted by Gasteiger charge is -2.26. The summed E-state index contributed by atoms with van der Waals surface area (Å²) in [6.07, 6.45) is 1.67. The number of rotatable bonds is 3. The third-order valence-corrected chi connectivity index (χ3v) is 5.52. The summed E-state index contributed by atoms with van der Waals surface area (Å²) in [6.45, 7) is 0. The second kappa shape index (κ2) is 8.30. The fourth-order valence-corrected chi connectivity index (χ4v) is 3.90. The van der Waals surface area contributed by atoms with Gasteiger partial charge in [-0.1, -0.05) is 18.2 Å². The molecule has 4 aromatic rings. The number of pyridine rings is 1. The van der Waals surface area contributed by atoms with E-state index in [2.05, 4.69) is 4.98 Å². The molecule has 0 saturated carbocycles. The Kier molecular flexibility index (Phi) is 5.15. The predicted molar refractivity (Wildman–Crippen MR) is 119 cm³/mol. The number of nitriles is 1. The molecule has 2 heterocycles. The first-order chi connectivity index (χ1) is 16.4. The zero-order valence-corrected chi connectivity index (χ0v) is 17.5. The van der Waals surface area contributed by atoms with Gasteiger partial charge in [-0.15, -0.1) is 0 Å². The number of esters is 1. The molecule has 6 nitrogen and oxygen atoms in total. The highest BCUT2D eigenvalue weighted by molar-refractivity contribution is 5.95. The van der Waals surface area contributed by atoms with Crippen molar-refractivity contribution in [1.29, 1.82) is 5.26 Å². The van der Waals surface area contributed by atoms with Crippen LogP contribution >= 0.6 is 0 Å². The SMILES string of the molecule is N#CC1=C(N)Oc2cc(OC(=O)c3ccc4ncccc4c3)ccc2C1c1ccc(F)c(F)c1. The highest BCUT2D eigenvalue weighted by Gasteiger charge is 2.31. The minimum atomic E-state index is -1.04. The van der Waals surface area contributed by atoms with E-state index in [-0.39, 0.29) is 23.0 Å². The van der Waals surface area contributed by atoms with Crippen LogP contribution in [0, 0.1) is 23.0 Å². The van der Waals surface area contributed by atoms with E-state index in [4.69, 9.17) is 15.2 Å². The van der Waals surface area contributed by atoms with E-state index in [0.717, 1.165) is 23.0 Å². The van der Waals surface area contributed by atoms with Crippen molar-refractivity contribution >= 4 is 16.9 Å². The van der Waals surface area contributed by atoms with E-state index in [1.807, 2.05) is 12.1 Å².